The van der Waals surface area contributed by atoms with E-state index in [1.165, 1.54) is 0 Å². The van der Waals surface area contributed by atoms with Gasteiger partial charge in [-0.15, -0.1) is 0 Å². The molecule has 3 rings (SSSR count). The Balaban J connectivity index is 1.62. The third kappa shape index (κ3) is 3.65. The van der Waals surface area contributed by atoms with E-state index < -0.39 is 5.60 Å². The van der Waals surface area contributed by atoms with Gasteiger partial charge in [0.1, 0.15) is 11.4 Å². The predicted octanol–water partition coefficient (Wildman–Crippen LogP) is 3.12. The number of nitrogens with zero attached hydrogens (tertiary/aromatic N) is 3. The van der Waals surface area contributed by atoms with Crippen LogP contribution in [0.15, 0.2) is 12.4 Å². The molecule has 5 nitrogen and oxygen atoms in total. The standard InChI is InChI=1S/C18H27N3O2/c1-13-19-10-15(11-20-13)21-8-7-18(12-21)6-5-14(9-18)16(22)23-17(2,3)4/h10-11,14H,5-9,12H2,1-4H3. The number of anilines is 1. The maximum atomic E-state index is 12.3. The summed E-state index contributed by atoms with van der Waals surface area (Å²) in [6.45, 7) is 9.72. The Morgan fingerprint density at radius 2 is 2.00 bits per heavy atom. The van der Waals surface area contributed by atoms with Crippen LogP contribution in [0, 0.1) is 18.3 Å². The number of aromatic nitrogens is 2. The molecule has 0 radical (unpaired) electrons. The van der Waals surface area contributed by atoms with Gasteiger partial charge in [-0.25, -0.2) is 9.97 Å². The Hall–Kier alpha value is -1.65. The molecule has 0 bridgehead atoms. The lowest BCUT2D eigenvalue weighted by molar-refractivity contribution is -0.160. The number of rotatable bonds is 2. The third-order valence-electron chi connectivity index (χ3n) is 5.01. The monoisotopic (exact) mass is 317 g/mol. The van der Waals surface area contributed by atoms with Crippen molar-refractivity contribution in [2.45, 2.75) is 59.0 Å². The summed E-state index contributed by atoms with van der Waals surface area (Å²) in [6, 6.07) is 0. The molecule has 5 heteroatoms. The molecule has 1 saturated heterocycles. The maximum absolute atomic E-state index is 12.3. The van der Waals surface area contributed by atoms with Crippen molar-refractivity contribution >= 4 is 11.7 Å². The van der Waals surface area contributed by atoms with Crippen LogP contribution in [0.4, 0.5) is 5.69 Å². The number of ether oxygens (including phenoxy) is 1. The minimum absolute atomic E-state index is 0.0218. The molecule has 2 heterocycles. The van der Waals surface area contributed by atoms with Crippen molar-refractivity contribution in [3.05, 3.63) is 18.2 Å². The second kappa shape index (κ2) is 5.77. The van der Waals surface area contributed by atoms with Crippen LogP contribution < -0.4 is 4.90 Å². The van der Waals surface area contributed by atoms with E-state index in [0.717, 1.165) is 50.3 Å². The van der Waals surface area contributed by atoms with Crippen LogP contribution in [-0.2, 0) is 9.53 Å². The van der Waals surface area contributed by atoms with Crippen LogP contribution in [-0.4, -0.2) is 34.6 Å². The average molecular weight is 317 g/mol. The van der Waals surface area contributed by atoms with Gasteiger partial charge in [0, 0.05) is 13.1 Å². The molecular weight excluding hydrogens is 290 g/mol. The van der Waals surface area contributed by atoms with E-state index >= 15 is 0 Å². The SMILES string of the molecule is Cc1ncc(N2CCC3(CCC(C(=O)OC(C)(C)C)C3)C2)cn1. The molecular formula is C18H27N3O2. The molecule has 2 atom stereocenters. The zero-order chi connectivity index (χ0) is 16.7. The van der Waals surface area contributed by atoms with Gasteiger partial charge in [-0.1, -0.05) is 0 Å². The molecule has 2 fully saturated rings. The smallest absolute Gasteiger partial charge is 0.309 e. The van der Waals surface area contributed by atoms with Crippen LogP contribution >= 0.6 is 0 Å². The Bertz CT molecular complexity index is 579. The number of carbonyl (C=O) groups is 1. The maximum Gasteiger partial charge on any atom is 0.309 e. The molecule has 23 heavy (non-hydrogen) atoms. The number of aryl methyl sites for hydroxylation is 1. The fourth-order valence-corrected chi connectivity index (χ4v) is 3.87. The van der Waals surface area contributed by atoms with E-state index in [1.807, 2.05) is 40.1 Å². The molecule has 126 valence electrons. The highest BCUT2D eigenvalue weighted by Gasteiger charge is 2.47. The first kappa shape index (κ1) is 16.2. The van der Waals surface area contributed by atoms with Gasteiger partial charge in [0.2, 0.25) is 0 Å². The van der Waals surface area contributed by atoms with E-state index in [4.69, 9.17) is 4.74 Å². The molecule has 2 unspecified atom stereocenters. The highest BCUT2D eigenvalue weighted by molar-refractivity contribution is 5.73. The average Bonchev–Trinajstić information content (AvgIpc) is 3.06. The second-order valence-corrected chi connectivity index (χ2v) is 8.13. The summed E-state index contributed by atoms with van der Waals surface area (Å²) in [4.78, 5) is 23.3. The fraction of sp³-hybridized carbons (Fsp3) is 0.722. The van der Waals surface area contributed by atoms with Gasteiger partial charge in [0.05, 0.1) is 24.0 Å². The molecule has 1 spiro atoms. The van der Waals surface area contributed by atoms with Crippen LogP contribution in [0.1, 0.15) is 52.3 Å². The minimum atomic E-state index is -0.395. The van der Waals surface area contributed by atoms with Gasteiger partial charge in [-0.3, -0.25) is 4.79 Å². The summed E-state index contributed by atoms with van der Waals surface area (Å²) >= 11 is 0. The topological polar surface area (TPSA) is 55.3 Å². The van der Waals surface area contributed by atoms with Gasteiger partial charge < -0.3 is 9.64 Å². The van der Waals surface area contributed by atoms with Crippen molar-refractivity contribution in [3.63, 3.8) is 0 Å². The summed E-state index contributed by atoms with van der Waals surface area (Å²) in [5, 5.41) is 0. The Morgan fingerprint density at radius 1 is 1.30 bits per heavy atom. The van der Waals surface area contributed by atoms with Gasteiger partial charge >= 0.3 is 5.97 Å². The predicted molar refractivity (Wildman–Crippen MR) is 89.2 cm³/mol. The summed E-state index contributed by atoms with van der Waals surface area (Å²) in [7, 11) is 0. The van der Waals surface area contributed by atoms with Crippen molar-refractivity contribution < 1.29 is 9.53 Å². The molecule has 0 amide bonds. The molecule has 1 aliphatic carbocycles. The molecule has 1 aromatic rings. The number of esters is 1. The molecule has 1 aromatic heterocycles. The third-order valence-corrected chi connectivity index (χ3v) is 5.01. The first-order chi connectivity index (χ1) is 10.8. The molecule has 2 aliphatic rings. The van der Waals surface area contributed by atoms with Crippen molar-refractivity contribution in [2.24, 2.45) is 11.3 Å². The van der Waals surface area contributed by atoms with Crippen molar-refractivity contribution in [1.29, 1.82) is 0 Å². The van der Waals surface area contributed by atoms with E-state index in [-0.39, 0.29) is 17.3 Å². The number of hydrogen-bond donors (Lipinski definition) is 0. The second-order valence-electron chi connectivity index (χ2n) is 8.13. The highest BCUT2D eigenvalue weighted by atomic mass is 16.6. The van der Waals surface area contributed by atoms with Crippen LogP contribution in [0.5, 0.6) is 0 Å². The Kier molecular flexibility index (Phi) is 4.07. The van der Waals surface area contributed by atoms with Gasteiger partial charge in [0.25, 0.3) is 0 Å². The van der Waals surface area contributed by atoms with Gasteiger partial charge in [0.15, 0.2) is 0 Å². The van der Waals surface area contributed by atoms with Crippen molar-refractivity contribution in [2.75, 3.05) is 18.0 Å². The quantitative estimate of drug-likeness (QED) is 0.784. The normalized spacial score (nSPS) is 27.7. The van der Waals surface area contributed by atoms with E-state index in [0.29, 0.717) is 0 Å². The largest absolute Gasteiger partial charge is 0.460 e. The zero-order valence-corrected chi connectivity index (χ0v) is 14.6. The fourth-order valence-electron chi connectivity index (χ4n) is 3.87. The summed E-state index contributed by atoms with van der Waals surface area (Å²) < 4.78 is 5.58. The van der Waals surface area contributed by atoms with Crippen LogP contribution in [0.25, 0.3) is 0 Å². The zero-order valence-electron chi connectivity index (χ0n) is 14.6. The van der Waals surface area contributed by atoms with Crippen LogP contribution in [0.2, 0.25) is 0 Å². The molecule has 0 N–H and O–H groups in total. The van der Waals surface area contributed by atoms with E-state index in [2.05, 4.69) is 14.9 Å². The lowest BCUT2D eigenvalue weighted by Gasteiger charge is -2.26. The molecule has 1 aliphatic heterocycles. The molecule has 0 aromatic carbocycles. The summed E-state index contributed by atoms with van der Waals surface area (Å²) in [5.74, 6) is 0.837. The van der Waals surface area contributed by atoms with Crippen LogP contribution in [0.3, 0.4) is 0 Å². The lowest BCUT2D eigenvalue weighted by atomic mass is 9.84. The summed E-state index contributed by atoms with van der Waals surface area (Å²) in [5.41, 5.74) is 0.952. The molecule has 1 saturated carbocycles. The number of carbonyl (C=O) groups excluding carboxylic acids is 1. The summed E-state index contributed by atoms with van der Waals surface area (Å²) in [6.07, 6.45) is 7.96. The number of hydrogen-bond acceptors (Lipinski definition) is 5. The highest BCUT2D eigenvalue weighted by Crippen LogP contribution is 2.49. The van der Waals surface area contributed by atoms with Crippen molar-refractivity contribution in [1.82, 2.24) is 9.97 Å². The van der Waals surface area contributed by atoms with Crippen molar-refractivity contribution in [3.8, 4) is 0 Å². The lowest BCUT2D eigenvalue weighted by Crippen LogP contribution is -2.29. The first-order valence-corrected chi connectivity index (χ1v) is 8.53. The first-order valence-electron chi connectivity index (χ1n) is 8.53. The minimum Gasteiger partial charge on any atom is -0.460 e. The van der Waals surface area contributed by atoms with Gasteiger partial charge in [-0.2, -0.15) is 0 Å². The van der Waals surface area contributed by atoms with E-state index in [9.17, 15) is 4.79 Å². The Morgan fingerprint density at radius 3 is 2.65 bits per heavy atom. The van der Waals surface area contributed by atoms with E-state index in [1.54, 1.807) is 0 Å². The Labute approximate surface area is 138 Å². The van der Waals surface area contributed by atoms with Gasteiger partial charge in [-0.05, 0) is 58.8 Å².